The number of carbonyl (C=O) groups is 2. The lowest BCUT2D eigenvalue weighted by Gasteiger charge is -2.08. The van der Waals surface area contributed by atoms with Crippen LogP contribution in [-0.2, 0) is 0 Å². The molecule has 2 rings (SSSR count). The van der Waals surface area contributed by atoms with Crippen molar-refractivity contribution in [3.63, 3.8) is 0 Å². The number of hydrogen-bond acceptors (Lipinski definition) is 3. The molecule has 2 aromatic carbocycles. The fourth-order valence-corrected chi connectivity index (χ4v) is 1.68. The predicted molar refractivity (Wildman–Crippen MR) is 71.0 cm³/mol. The summed E-state index contributed by atoms with van der Waals surface area (Å²) in [6.07, 6.45) is 0. The van der Waals surface area contributed by atoms with Gasteiger partial charge in [-0.15, -0.1) is 0 Å². The van der Waals surface area contributed by atoms with Crippen LogP contribution in [0.15, 0.2) is 42.5 Å². The molecule has 0 radical (unpaired) electrons. The predicted octanol–water partition coefficient (Wildman–Crippen LogP) is 1.88. The molecule has 0 unspecified atom stereocenters. The Kier molecular flexibility index (Phi) is 3.65. The molecule has 6 heteroatoms. The number of nitrogens with one attached hydrogen (secondary N) is 1. The van der Waals surface area contributed by atoms with Crippen LogP contribution in [0.2, 0.25) is 0 Å². The van der Waals surface area contributed by atoms with Crippen molar-refractivity contribution in [3.05, 3.63) is 59.4 Å². The second kappa shape index (κ2) is 5.40. The molecule has 2 amide bonds. The molecule has 0 aliphatic rings. The quantitative estimate of drug-likeness (QED) is 0.797. The first kappa shape index (κ1) is 13.5. The van der Waals surface area contributed by atoms with Gasteiger partial charge in [-0.1, -0.05) is 12.1 Å². The monoisotopic (exact) mass is 274 g/mol. The largest absolute Gasteiger partial charge is 0.507 e. The van der Waals surface area contributed by atoms with Crippen LogP contribution in [-0.4, -0.2) is 16.9 Å². The minimum atomic E-state index is -0.839. The topological polar surface area (TPSA) is 92.4 Å². The molecule has 0 aromatic heterocycles. The number of amides is 2. The molecule has 20 heavy (non-hydrogen) atoms. The Morgan fingerprint density at radius 1 is 1.15 bits per heavy atom. The summed E-state index contributed by atoms with van der Waals surface area (Å²) in [5.74, 6) is -2.76. The number of benzene rings is 2. The van der Waals surface area contributed by atoms with Crippen molar-refractivity contribution >= 4 is 17.5 Å². The lowest BCUT2D eigenvalue weighted by molar-refractivity contribution is 0.0994. The number of phenols is 1. The van der Waals surface area contributed by atoms with E-state index in [1.54, 1.807) is 0 Å². The van der Waals surface area contributed by atoms with Crippen LogP contribution in [0.3, 0.4) is 0 Å². The average molecular weight is 274 g/mol. The van der Waals surface area contributed by atoms with Crippen LogP contribution in [0.25, 0.3) is 0 Å². The minimum Gasteiger partial charge on any atom is -0.507 e. The molecule has 0 saturated heterocycles. The Labute approximate surface area is 113 Å². The van der Waals surface area contributed by atoms with E-state index in [4.69, 9.17) is 5.73 Å². The Morgan fingerprint density at radius 3 is 2.50 bits per heavy atom. The smallest absolute Gasteiger partial charge is 0.262 e. The molecule has 0 aliphatic carbocycles. The second-order valence-electron chi connectivity index (χ2n) is 4.03. The van der Waals surface area contributed by atoms with Gasteiger partial charge in [-0.25, -0.2) is 4.39 Å². The van der Waals surface area contributed by atoms with E-state index in [9.17, 15) is 19.1 Å². The van der Waals surface area contributed by atoms with Gasteiger partial charge in [0.25, 0.3) is 5.91 Å². The standard InChI is InChI=1S/C14H11FN2O3/c15-10-5-2-6-11(18)12(10)14(20)17-9-4-1-3-8(7-9)13(16)19/h1-7,18H,(H2,16,19)(H,17,20). The van der Waals surface area contributed by atoms with E-state index >= 15 is 0 Å². The van der Waals surface area contributed by atoms with Crippen LogP contribution in [0.4, 0.5) is 10.1 Å². The van der Waals surface area contributed by atoms with Gasteiger partial charge in [-0.3, -0.25) is 9.59 Å². The zero-order valence-electron chi connectivity index (χ0n) is 10.3. The Balaban J connectivity index is 2.28. The molecule has 0 atom stereocenters. The summed E-state index contributed by atoms with van der Waals surface area (Å²) in [6, 6.07) is 9.44. The second-order valence-corrected chi connectivity index (χ2v) is 4.03. The lowest BCUT2D eigenvalue weighted by Crippen LogP contribution is -2.15. The summed E-state index contributed by atoms with van der Waals surface area (Å²) >= 11 is 0. The van der Waals surface area contributed by atoms with Gasteiger partial charge in [0.2, 0.25) is 5.91 Å². The number of anilines is 1. The van der Waals surface area contributed by atoms with Crippen molar-refractivity contribution < 1.29 is 19.1 Å². The molecule has 0 heterocycles. The Hall–Kier alpha value is -2.89. The number of carbonyl (C=O) groups excluding carboxylic acids is 2. The summed E-state index contributed by atoms with van der Waals surface area (Å²) in [7, 11) is 0. The van der Waals surface area contributed by atoms with Gasteiger partial charge in [0.1, 0.15) is 17.1 Å². The normalized spacial score (nSPS) is 10.1. The first-order chi connectivity index (χ1) is 9.49. The van der Waals surface area contributed by atoms with Crippen LogP contribution in [0, 0.1) is 5.82 Å². The highest BCUT2D eigenvalue weighted by atomic mass is 19.1. The van der Waals surface area contributed by atoms with E-state index in [0.717, 1.165) is 6.07 Å². The highest BCUT2D eigenvalue weighted by Crippen LogP contribution is 2.21. The molecule has 2 aromatic rings. The molecule has 0 fully saturated rings. The van der Waals surface area contributed by atoms with Gasteiger partial charge in [0, 0.05) is 11.3 Å². The van der Waals surface area contributed by atoms with Gasteiger partial charge in [0.05, 0.1) is 0 Å². The van der Waals surface area contributed by atoms with Gasteiger partial charge < -0.3 is 16.2 Å². The Bertz CT molecular complexity index is 666. The fourth-order valence-electron chi connectivity index (χ4n) is 1.68. The first-order valence-electron chi connectivity index (χ1n) is 5.67. The Morgan fingerprint density at radius 2 is 1.85 bits per heavy atom. The zero-order valence-corrected chi connectivity index (χ0v) is 10.3. The molecular formula is C14H11FN2O3. The number of hydrogen-bond donors (Lipinski definition) is 3. The van der Waals surface area contributed by atoms with E-state index in [1.165, 1.54) is 36.4 Å². The van der Waals surface area contributed by atoms with Crippen LogP contribution in [0.5, 0.6) is 5.75 Å². The van der Waals surface area contributed by atoms with Crippen molar-refractivity contribution in [1.29, 1.82) is 0 Å². The first-order valence-corrected chi connectivity index (χ1v) is 5.67. The van der Waals surface area contributed by atoms with Crippen molar-refractivity contribution in [3.8, 4) is 5.75 Å². The number of nitrogens with two attached hydrogens (primary N) is 1. The van der Waals surface area contributed by atoms with Crippen molar-refractivity contribution in [2.45, 2.75) is 0 Å². The summed E-state index contributed by atoms with van der Waals surface area (Å²) in [4.78, 5) is 22.9. The number of rotatable bonds is 3. The molecule has 0 saturated carbocycles. The maximum absolute atomic E-state index is 13.5. The minimum absolute atomic E-state index is 0.209. The molecule has 4 N–H and O–H groups in total. The third-order valence-electron chi connectivity index (χ3n) is 2.62. The van der Waals surface area contributed by atoms with E-state index in [0.29, 0.717) is 0 Å². The summed E-state index contributed by atoms with van der Waals surface area (Å²) in [5, 5.41) is 11.9. The van der Waals surface area contributed by atoms with Crippen LogP contribution >= 0.6 is 0 Å². The van der Waals surface area contributed by atoms with Crippen LogP contribution in [0.1, 0.15) is 20.7 Å². The third-order valence-corrected chi connectivity index (χ3v) is 2.62. The molecule has 102 valence electrons. The van der Waals surface area contributed by atoms with Gasteiger partial charge in [-0.05, 0) is 30.3 Å². The molecule has 0 bridgehead atoms. The third kappa shape index (κ3) is 2.74. The molecular weight excluding hydrogens is 263 g/mol. The molecule has 0 aliphatic heterocycles. The van der Waals surface area contributed by atoms with Gasteiger partial charge in [-0.2, -0.15) is 0 Å². The molecule has 0 spiro atoms. The summed E-state index contributed by atoms with van der Waals surface area (Å²) in [5.41, 5.74) is 5.14. The number of aromatic hydroxyl groups is 1. The van der Waals surface area contributed by atoms with E-state index < -0.39 is 28.9 Å². The maximum Gasteiger partial charge on any atom is 0.262 e. The van der Waals surface area contributed by atoms with Gasteiger partial charge >= 0.3 is 0 Å². The van der Waals surface area contributed by atoms with Crippen molar-refractivity contribution in [1.82, 2.24) is 0 Å². The number of primary amides is 1. The van der Waals surface area contributed by atoms with E-state index in [1.807, 2.05) is 0 Å². The number of phenolic OH excluding ortho intramolecular Hbond substituents is 1. The highest BCUT2D eigenvalue weighted by Gasteiger charge is 2.16. The SMILES string of the molecule is NC(=O)c1cccc(NC(=O)c2c(O)cccc2F)c1. The van der Waals surface area contributed by atoms with Crippen LogP contribution < -0.4 is 11.1 Å². The van der Waals surface area contributed by atoms with E-state index in [2.05, 4.69) is 5.32 Å². The maximum atomic E-state index is 13.5. The lowest BCUT2D eigenvalue weighted by atomic mass is 10.1. The average Bonchev–Trinajstić information content (AvgIpc) is 2.38. The fraction of sp³-hybridized carbons (Fsp3) is 0. The van der Waals surface area contributed by atoms with Crippen molar-refractivity contribution in [2.24, 2.45) is 5.73 Å². The molecule has 5 nitrogen and oxygen atoms in total. The van der Waals surface area contributed by atoms with Crippen molar-refractivity contribution in [2.75, 3.05) is 5.32 Å². The van der Waals surface area contributed by atoms with E-state index in [-0.39, 0.29) is 11.3 Å². The zero-order chi connectivity index (χ0) is 14.7. The highest BCUT2D eigenvalue weighted by molar-refractivity contribution is 6.06. The van der Waals surface area contributed by atoms with Gasteiger partial charge in [0.15, 0.2) is 0 Å². The summed E-state index contributed by atoms with van der Waals surface area (Å²) < 4.78 is 13.5. The summed E-state index contributed by atoms with van der Waals surface area (Å²) in [6.45, 7) is 0. The number of halogens is 1.